The van der Waals surface area contributed by atoms with Gasteiger partial charge in [-0.2, -0.15) is 8.78 Å². The summed E-state index contributed by atoms with van der Waals surface area (Å²) >= 11 is 0. The second-order valence-corrected chi connectivity index (χ2v) is 9.91. The Morgan fingerprint density at radius 2 is 1.88 bits per heavy atom. The number of anilines is 2. The molecule has 0 amide bonds. The summed E-state index contributed by atoms with van der Waals surface area (Å²) in [5.74, 6) is -0.139. The fraction of sp³-hybridized carbons (Fsp3) is 0.478. The van der Waals surface area contributed by atoms with Crippen molar-refractivity contribution in [3.63, 3.8) is 0 Å². The first-order valence-corrected chi connectivity index (χ1v) is 12.3. The van der Waals surface area contributed by atoms with Crippen LogP contribution in [0.3, 0.4) is 0 Å². The van der Waals surface area contributed by atoms with Gasteiger partial charge in [0, 0.05) is 37.9 Å². The number of halogens is 2. The van der Waals surface area contributed by atoms with Gasteiger partial charge in [0.2, 0.25) is 0 Å². The van der Waals surface area contributed by atoms with Gasteiger partial charge in [-0.25, -0.2) is 8.42 Å². The highest BCUT2D eigenvalue weighted by Crippen LogP contribution is 2.31. The van der Waals surface area contributed by atoms with Crippen LogP contribution in [-0.4, -0.2) is 59.7 Å². The molecule has 0 bridgehead atoms. The molecular formula is C23H31F2N3O3S. The number of likely N-dealkylation sites (N-methyl/N-ethyl adjacent to an activating group) is 1. The number of ether oxygens (including phenoxy) is 1. The number of sulfonamides is 1. The van der Waals surface area contributed by atoms with E-state index in [2.05, 4.69) is 21.6 Å². The second-order valence-electron chi connectivity index (χ2n) is 8.05. The smallest absolute Gasteiger partial charge is 0.387 e. The molecular weight excluding hydrogens is 436 g/mol. The van der Waals surface area contributed by atoms with Gasteiger partial charge in [0.05, 0.1) is 10.6 Å². The van der Waals surface area contributed by atoms with E-state index in [0.717, 1.165) is 38.3 Å². The first kappa shape index (κ1) is 24.3. The zero-order valence-electron chi connectivity index (χ0n) is 18.8. The Bertz CT molecular complexity index is 1020. The first-order chi connectivity index (χ1) is 15.2. The SMILES string of the molecule is CCCN(c1cccc(N2CCCN(C)CC2)c1)S(=O)(=O)c1ccc(C)c(OC(F)F)c1. The summed E-state index contributed by atoms with van der Waals surface area (Å²) in [4.78, 5) is 4.48. The van der Waals surface area contributed by atoms with Crippen LogP contribution in [0, 0.1) is 6.92 Å². The molecule has 0 atom stereocenters. The van der Waals surface area contributed by atoms with Crippen molar-refractivity contribution in [3.05, 3.63) is 48.0 Å². The molecule has 6 nitrogen and oxygen atoms in total. The van der Waals surface area contributed by atoms with Crippen molar-refractivity contribution >= 4 is 21.4 Å². The van der Waals surface area contributed by atoms with E-state index in [9.17, 15) is 17.2 Å². The van der Waals surface area contributed by atoms with Gasteiger partial charge in [0.15, 0.2) is 0 Å². The number of nitrogens with zero attached hydrogens (tertiary/aromatic N) is 3. The molecule has 3 rings (SSSR count). The molecule has 0 spiro atoms. The van der Waals surface area contributed by atoms with Crippen molar-refractivity contribution in [1.29, 1.82) is 0 Å². The Morgan fingerprint density at radius 1 is 1.09 bits per heavy atom. The van der Waals surface area contributed by atoms with Crippen molar-refractivity contribution in [3.8, 4) is 5.75 Å². The molecule has 1 fully saturated rings. The second kappa shape index (κ2) is 10.5. The lowest BCUT2D eigenvalue weighted by Gasteiger charge is -2.27. The molecule has 2 aromatic rings. The van der Waals surface area contributed by atoms with Gasteiger partial charge >= 0.3 is 6.61 Å². The van der Waals surface area contributed by atoms with Gasteiger partial charge in [-0.1, -0.05) is 19.1 Å². The summed E-state index contributed by atoms with van der Waals surface area (Å²) in [5.41, 5.74) is 1.97. The van der Waals surface area contributed by atoms with Gasteiger partial charge in [0.1, 0.15) is 5.75 Å². The van der Waals surface area contributed by atoms with E-state index in [1.54, 1.807) is 13.0 Å². The van der Waals surface area contributed by atoms with Gasteiger partial charge in [-0.05, 0) is 63.2 Å². The molecule has 1 heterocycles. The molecule has 0 N–H and O–H groups in total. The number of hydrogen-bond donors (Lipinski definition) is 0. The maximum Gasteiger partial charge on any atom is 0.387 e. The zero-order valence-corrected chi connectivity index (χ0v) is 19.6. The predicted molar refractivity (Wildman–Crippen MR) is 123 cm³/mol. The third-order valence-corrected chi connectivity index (χ3v) is 7.42. The van der Waals surface area contributed by atoms with Crippen LogP contribution in [0.2, 0.25) is 0 Å². The van der Waals surface area contributed by atoms with Crippen molar-refractivity contribution in [1.82, 2.24) is 4.90 Å². The third kappa shape index (κ3) is 5.69. The highest BCUT2D eigenvalue weighted by Gasteiger charge is 2.26. The highest BCUT2D eigenvalue weighted by atomic mass is 32.2. The fourth-order valence-corrected chi connectivity index (χ4v) is 5.40. The average molecular weight is 468 g/mol. The van der Waals surface area contributed by atoms with Gasteiger partial charge in [0.25, 0.3) is 10.0 Å². The number of hydrogen-bond acceptors (Lipinski definition) is 5. The molecule has 9 heteroatoms. The maximum atomic E-state index is 13.5. The van der Waals surface area contributed by atoms with Crippen molar-refractivity contribution in [2.75, 3.05) is 49.0 Å². The lowest BCUT2D eigenvalue weighted by atomic mass is 10.2. The third-order valence-electron chi connectivity index (χ3n) is 5.59. The van der Waals surface area contributed by atoms with Crippen molar-refractivity contribution < 1.29 is 21.9 Å². The van der Waals surface area contributed by atoms with Crippen LogP contribution in [0.5, 0.6) is 5.75 Å². The standard InChI is InChI=1S/C23H31F2N3O3S/c1-4-11-28(32(29,30)21-10-9-18(2)22(17-21)31-23(24)25)20-8-5-7-19(16-20)27-13-6-12-26(3)14-15-27/h5,7-10,16-17,23H,4,6,11-15H2,1-3H3. The van der Waals surface area contributed by atoms with Gasteiger partial charge in [-0.3, -0.25) is 4.31 Å². The lowest BCUT2D eigenvalue weighted by Crippen LogP contribution is -2.32. The van der Waals surface area contributed by atoms with E-state index in [1.165, 1.54) is 22.5 Å². The minimum absolute atomic E-state index is 0.0750. The van der Waals surface area contributed by atoms with E-state index in [0.29, 0.717) is 17.7 Å². The fourth-order valence-electron chi connectivity index (χ4n) is 3.83. The molecule has 0 aliphatic carbocycles. The Labute approximate surface area is 189 Å². The molecule has 0 unspecified atom stereocenters. The number of aryl methyl sites for hydroxylation is 1. The maximum absolute atomic E-state index is 13.5. The van der Waals surface area contributed by atoms with Crippen LogP contribution >= 0.6 is 0 Å². The Kier molecular flexibility index (Phi) is 7.95. The molecule has 0 radical (unpaired) electrons. The van der Waals surface area contributed by atoms with Crippen LogP contribution in [-0.2, 0) is 10.0 Å². The number of benzene rings is 2. The van der Waals surface area contributed by atoms with E-state index < -0.39 is 16.6 Å². The van der Waals surface area contributed by atoms with E-state index >= 15 is 0 Å². The molecule has 0 aromatic heterocycles. The predicted octanol–water partition coefficient (Wildman–Crippen LogP) is 4.34. The average Bonchev–Trinajstić information content (AvgIpc) is 2.97. The summed E-state index contributed by atoms with van der Waals surface area (Å²) in [6.07, 6.45) is 1.64. The summed E-state index contributed by atoms with van der Waals surface area (Å²) in [5, 5.41) is 0. The Morgan fingerprint density at radius 3 is 2.59 bits per heavy atom. The summed E-state index contributed by atoms with van der Waals surface area (Å²) in [6, 6.07) is 11.6. The number of alkyl halides is 2. The van der Waals surface area contributed by atoms with Gasteiger partial charge < -0.3 is 14.5 Å². The molecule has 1 saturated heterocycles. The molecule has 0 saturated carbocycles. The molecule has 2 aromatic carbocycles. The van der Waals surface area contributed by atoms with Crippen LogP contribution in [0.1, 0.15) is 25.3 Å². The van der Waals surface area contributed by atoms with Crippen molar-refractivity contribution in [2.24, 2.45) is 0 Å². The largest absolute Gasteiger partial charge is 0.435 e. The Balaban J connectivity index is 1.95. The van der Waals surface area contributed by atoms with E-state index in [4.69, 9.17) is 0 Å². The van der Waals surface area contributed by atoms with Crippen molar-refractivity contribution in [2.45, 2.75) is 38.2 Å². The highest BCUT2D eigenvalue weighted by molar-refractivity contribution is 7.92. The molecule has 176 valence electrons. The first-order valence-electron chi connectivity index (χ1n) is 10.8. The molecule has 1 aliphatic rings. The molecule has 32 heavy (non-hydrogen) atoms. The topological polar surface area (TPSA) is 53.1 Å². The van der Waals surface area contributed by atoms with E-state index in [1.807, 2.05) is 25.1 Å². The minimum atomic E-state index is -3.97. The van der Waals surface area contributed by atoms with Crippen LogP contribution in [0.25, 0.3) is 0 Å². The summed E-state index contributed by atoms with van der Waals surface area (Å²) < 4.78 is 58.4. The minimum Gasteiger partial charge on any atom is -0.435 e. The summed E-state index contributed by atoms with van der Waals surface area (Å²) in [6.45, 7) is 4.49. The van der Waals surface area contributed by atoms with Gasteiger partial charge in [-0.15, -0.1) is 0 Å². The monoisotopic (exact) mass is 467 g/mol. The van der Waals surface area contributed by atoms with Crippen LogP contribution in [0.4, 0.5) is 20.2 Å². The zero-order chi connectivity index (χ0) is 23.3. The summed E-state index contributed by atoms with van der Waals surface area (Å²) in [7, 11) is -1.87. The quantitative estimate of drug-likeness (QED) is 0.578. The van der Waals surface area contributed by atoms with Crippen LogP contribution in [0.15, 0.2) is 47.4 Å². The van der Waals surface area contributed by atoms with E-state index in [-0.39, 0.29) is 17.2 Å². The lowest BCUT2D eigenvalue weighted by molar-refractivity contribution is -0.0504. The Hall–Kier alpha value is -2.39. The molecule has 1 aliphatic heterocycles. The van der Waals surface area contributed by atoms with Crippen LogP contribution < -0.4 is 13.9 Å². The number of rotatable bonds is 8. The normalized spacial score (nSPS) is 15.6.